The Hall–Kier alpha value is -2.44. The van der Waals surface area contributed by atoms with E-state index in [1.807, 2.05) is 24.3 Å². The van der Waals surface area contributed by atoms with E-state index in [-0.39, 0.29) is 19.1 Å². The second-order valence-corrected chi connectivity index (χ2v) is 6.11. The first-order valence-corrected chi connectivity index (χ1v) is 8.47. The molecule has 138 valence electrons. The normalized spacial score (nSPS) is 10.1. The third-order valence-corrected chi connectivity index (χ3v) is 3.88. The van der Waals surface area contributed by atoms with E-state index in [9.17, 15) is 9.59 Å². The lowest BCUT2D eigenvalue weighted by Crippen LogP contribution is -2.38. The number of amides is 2. The Balaban J connectivity index is 1.68. The van der Waals surface area contributed by atoms with Gasteiger partial charge in [-0.3, -0.25) is 9.59 Å². The number of hydrogen-bond acceptors (Lipinski definition) is 4. The van der Waals surface area contributed by atoms with E-state index in [2.05, 4.69) is 10.6 Å². The van der Waals surface area contributed by atoms with Crippen molar-refractivity contribution in [2.45, 2.75) is 6.54 Å². The maximum Gasteiger partial charge on any atom is 0.258 e. The van der Waals surface area contributed by atoms with E-state index in [0.717, 1.165) is 11.3 Å². The first-order chi connectivity index (χ1) is 12.5. The highest BCUT2D eigenvalue weighted by Gasteiger charge is 2.08. The Morgan fingerprint density at radius 1 is 1.00 bits per heavy atom. The minimum Gasteiger partial charge on any atom is -0.497 e. The molecule has 0 aliphatic heterocycles. The van der Waals surface area contributed by atoms with Crippen molar-refractivity contribution in [1.29, 1.82) is 0 Å². The summed E-state index contributed by atoms with van der Waals surface area (Å²) < 4.78 is 10.4. The van der Waals surface area contributed by atoms with Gasteiger partial charge in [0.25, 0.3) is 5.91 Å². The smallest absolute Gasteiger partial charge is 0.258 e. The molecule has 8 heteroatoms. The zero-order chi connectivity index (χ0) is 18.9. The molecular weight excluding hydrogens is 379 g/mol. The van der Waals surface area contributed by atoms with E-state index < -0.39 is 5.91 Å². The summed E-state index contributed by atoms with van der Waals surface area (Å²) in [5.74, 6) is 0.345. The highest BCUT2D eigenvalue weighted by Crippen LogP contribution is 2.27. The second-order valence-electron chi connectivity index (χ2n) is 5.26. The fourth-order valence-electron chi connectivity index (χ4n) is 1.97. The molecule has 2 aromatic rings. The minimum atomic E-state index is -0.435. The van der Waals surface area contributed by atoms with Gasteiger partial charge in [0, 0.05) is 11.6 Å². The van der Waals surface area contributed by atoms with E-state index in [1.54, 1.807) is 19.2 Å². The lowest BCUT2D eigenvalue weighted by molar-refractivity contribution is -0.127. The topological polar surface area (TPSA) is 76.7 Å². The van der Waals surface area contributed by atoms with Crippen molar-refractivity contribution in [2.24, 2.45) is 0 Å². The first-order valence-electron chi connectivity index (χ1n) is 7.72. The molecule has 6 nitrogen and oxygen atoms in total. The minimum absolute atomic E-state index is 0.146. The largest absolute Gasteiger partial charge is 0.497 e. The van der Waals surface area contributed by atoms with Gasteiger partial charge in [-0.1, -0.05) is 35.3 Å². The maximum atomic E-state index is 11.8. The number of nitrogens with one attached hydrogen (secondary N) is 2. The summed E-state index contributed by atoms with van der Waals surface area (Å²) in [5, 5.41) is 5.96. The molecule has 0 bridgehead atoms. The molecule has 2 N–H and O–H groups in total. The van der Waals surface area contributed by atoms with E-state index in [4.69, 9.17) is 32.7 Å². The summed E-state index contributed by atoms with van der Waals surface area (Å²) in [5.41, 5.74) is 0.922. The van der Waals surface area contributed by atoms with Gasteiger partial charge < -0.3 is 20.1 Å². The van der Waals surface area contributed by atoms with Crippen LogP contribution in [0, 0.1) is 0 Å². The van der Waals surface area contributed by atoms with Gasteiger partial charge in [-0.15, -0.1) is 0 Å². The number of benzene rings is 2. The number of carbonyl (C=O) groups excluding carboxylic acids is 2. The van der Waals surface area contributed by atoms with Crippen LogP contribution in [0.4, 0.5) is 0 Å². The van der Waals surface area contributed by atoms with Crippen molar-refractivity contribution in [3.05, 3.63) is 58.1 Å². The fourth-order valence-corrected chi connectivity index (χ4v) is 2.44. The first kappa shape index (κ1) is 19.9. The van der Waals surface area contributed by atoms with E-state index in [1.165, 1.54) is 6.07 Å². The van der Waals surface area contributed by atoms with Crippen LogP contribution in [0.1, 0.15) is 5.56 Å². The predicted molar refractivity (Wildman–Crippen MR) is 99.8 cm³/mol. The Morgan fingerprint density at radius 3 is 2.38 bits per heavy atom. The van der Waals surface area contributed by atoms with Crippen molar-refractivity contribution < 1.29 is 19.1 Å². The van der Waals surface area contributed by atoms with Crippen LogP contribution < -0.4 is 20.1 Å². The molecule has 2 amide bonds. The molecule has 0 aliphatic carbocycles. The molecule has 26 heavy (non-hydrogen) atoms. The Kier molecular flexibility index (Phi) is 7.56. The highest BCUT2D eigenvalue weighted by atomic mass is 35.5. The summed E-state index contributed by atoms with van der Waals surface area (Å²) >= 11 is 11.7. The third-order valence-electron chi connectivity index (χ3n) is 3.35. The van der Waals surface area contributed by atoms with Crippen molar-refractivity contribution in [2.75, 3.05) is 20.3 Å². The summed E-state index contributed by atoms with van der Waals surface area (Å²) in [7, 11) is 1.59. The molecule has 0 unspecified atom stereocenters. The molecule has 2 rings (SSSR count). The van der Waals surface area contributed by atoms with Gasteiger partial charge in [0.1, 0.15) is 11.5 Å². The van der Waals surface area contributed by atoms with Crippen LogP contribution in [-0.4, -0.2) is 32.1 Å². The SMILES string of the molecule is COc1ccc(CNC(=O)CNC(=O)COc2ccc(Cl)cc2Cl)cc1. The van der Waals surface area contributed by atoms with Crippen LogP contribution in [0.3, 0.4) is 0 Å². The Bertz CT molecular complexity index is 766. The van der Waals surface area contributed by atoms with Crippen LogP contribution in [0.25, 0.3) is 0 Å². The van der Waals surface area contributed by atoms with Crippen molar-refractivity contribution in [3.63, 3.8) is 0 Å². The van der Waals surface area contributed by atoms with Crippen LogP contribution in [0.2, 0.25) is 10.0 Å². The quantitative estimate of drug-likeness (QED) is 0.718. The van der Waals surface area contributed by atoms with E-state index in [0.29, 0.717) is 22.3 Å². The average molecular weight is 397 g/mol. The lowest BCUT2D eigenvalue weighted by Gasteiger charge is -2.09. The van der Waals surface area contributed by atoms with Gasteiger partial charge >= 0.3 is 0 Å². The van der Waals surface area contributed by atoms with Crippen LogP contribution in [-0.2, 0) is 16.1 Å². The van der Waals surface area contributed by atoms with Gasteiger partial charge in [0.15, 0.2) is 6.61 Å². The number of carbonyl (C=O) groups is 2. The number of hydrogen-bond donors (Lipinski definition) is 2. The molecule has 0 aromatic heterocycles. The maximum absolute atomic E-state index is 11.8. The zero-order valence-corrected chi connectivity index (χ0v) is 15.6. The molecule has 0 atom stereocenters. The molecular formula is C18H18Cl2N2O4. The van der Waals surface area contributed by atoms with Gasteiger partial charge in [-0.2, -0.15) is 0 Å². The monoisotopic (exact) mass is 396 g/mol. The van der Waals surface area contributed by atoms with Crippen LogP contribution in [0.15, 0.2) is 42.5 Å². The lowest BCUT2D eigenvalue weighted by atomic mass is 10.2. The summed E-state index contributed by atoms with van der Waals surface area (Å²) in [6.45, 7) is -0.0462. The highest BCUT2D eigenvalue weighted by molar-refractivity contribution is 6.35. The molecule has 0 aliphatic rings. The zero-order valence-electron chi connectivity index (χ0n) is 14.1. The Morgan fingerprint density at radius 2 is 1.73 bits per heavy atom. The standard InChI is InChI=1S/C18H18Cl2N2O4/c1-25-14-5-2-12(3-6-14)9-21-17(23)10-22-18(24)11-26-16-7-4-13(19)8-15(16)20/h2-8H,9-11H2,1H3,(H,21,23)(H,22,24). The van der Waals surface area contributed by atoms with Gasteiger partial charge in [-0.05, 0) is 35.9 Å². The summed E-state index contributed by atoms with van der Waals surface area (Å²) in [6, 6.07) is 12.0. The average Bonchev–Trinajstić information content (AvgIpc) is 2.64. The Labute approximate surface area is 161 Å². The predicted octanol–water partition coefficient (Wildman–Crippen LogP) is 2.81. The molecule has 2 aromatic carbocycles. The molecule has 0 radical (unpaired) electrons. The van der Waals surface area contributed by atoms with Crippen molar-refractivity contribution in [1.82, 2.24) is 10.6 Å². The van der Waals surface area contributed by atoms with Crippen molar-refractivity contribution in [3.8, 4) is 11.5 Å². The van der Waals surface area contributed by atoms with Crippen molar-refractivity contribution >= 4 is 35.0 Å². The number of rotatable bonds is 8. The van der Waals surface area contributed by atoms with Crippen LogP contribution in [0.5, 0.6) is 11.5 Å². The number of halogens is 2. The molecule has 0 spiro atoms. The van der Waals surface area contributed by atoms with Crippen LogP contribution >= 0.6 is 23.2 Å². The second kappa shape index (κ2) is 9.89. The molecule has 0 saturated heterocycles. The summed E-state index contributed by atoms with van der Waals surface area (Å²) in [4.78, 5) is 23.5. The van der Waals surface area contributed by atoms with E-state index >= 15 is 0 Å². The molecule has 0 heterocycles. The van der Waals surface area contributed by atoms with Gasteiger partial charge in [-0.25, -0.2) is 0 Å². The van der Waals surface area contributed by atoms with Gasteiger partial charge in [0.05, 0.1) is 18.7 Å². The summed E-state index contributed by atoms with van der Waals surface area (Å²) in [6.07, 6.45) is 0. The number of methoxy groups -OCH3 is 1. The molecule has 0 fully saturated rings. The third kappa shape index (κ3) is 6.46. The van der Waals surface area contributed by atoms with Gasteiger partial charge in [0.2, 0.25) is 5.91 Å². The fraction of sp³-hybridized carbons (Fsp3) is 0.222. The number of ether oxygens (including phenoxy) is 2. The molecule has 0 saturated carbocycles.